The summed E-state index contributed by atoms with van der Waals surface area (Å²) in [5.74, 6) is 0.0771. The van der Waals surface area contributed by atoms with Crippen LogP contribution in [-0.2, 0) is 28.6 Å². The predicted molar refractivity (Wildman–Crippen MR) is 102 cm³/mol. The number of benzene rings is 2. The first-order valence-corrected chi connectivity index (χ1v) is 12.9. The van der Waals surface area contributed by atoms with Crippen molar-refractivity contribution in [3.05, 3.63) is 53.1 Å². The van der Waals surface area contributed by atoms with Gasteiger partial charge in [0.05, 0.1) is 5.56 Å². The Kier molecular flexibility index (Phi) is 8.97. The second-order valence-corrected chi connectivity index (χ2v) is 10.6. The molecule has 2 aromatic rings. The van der Waals surface area contributed by atoms with Crippen LogP contribution in [0.4, 0.5) is 13.2 Å². The zero-order chi connectivity index (χ0) is 20.1. The molecule has 0 fully saturated rings. The Labute approximate surface area is 170 Å². The van der Waals surface area contributed by atoms with E-state index < -0.39 is 28.8 Å². The summed E-state index contributed by atoms with van der Waals surface area (Å²) in [5, 5.41) is 11.0. The van der Waals surface area contributed by atoms with Crippen LogP contribution in [0, 0.1) is 6.92 Å². The molecule has 26 heavy (non-hydrogen) atoms. The summed E-state index contributed by atoms with van der Waals surface area (Å²) >= 11 is -0.556. The van der Waals surface area contributed by atoms with Gasteiger partial charge < -0.3 is 5.11 Å². The zero-order valence-electron chi connectivity index (χ0n) is 14.8. The predicted octanol–water partition coefficient (Wildman–Crippen LogP) is 6.02. The fraction of sp³-hybridized carbons (Fsp3) is 0.333. The molecule has 0 spiro atoms. The number of aromatic hydroxyl groups is 1. The van der Waals surface area contributed by atoms with E-state index in [1.165, 1.54) is 12.1 Å². The number of aryl methyl sites for hydroxylation is 1. The molecule has 8 heteroatoms. The van der Waals surface area contributed by atoms with Gasteiger partial charge in [-0.05, 0) is 40.9 Å². The van der Waals surface area contributed by atoms with Crippen LogP contribution in [0.25, 0.3) is 0 Å². The molecule has 0 saturated heterocycles. The van der Waals surface area contributed by atoms with Crippen molar-refractivity contribution in [2.24, 2.45) is 0 Å². The van der Waals surface area contributed by atoms with E-state index in [-0.39, 0.29) is 25.0 Å². The van der Waals surface area contributed by atoms with Crippen LogP contribution >= 0.6 is 27.2 Å². The Balaban J connectivity index is 0.00000105. The van der Waals surface area contributed by atoms with E-state index in [9.17, 15) is 18.3 Å². The molecule has 0 heterocycles. The van der Waals surface area contributed by atoms with Crippen molar-refractivity contribution in [3.63, 3.8) is 0 Å². The standard InChI is InChI=1S/C18H20F3OP.2ClH.Ti/c1-11-9-12(17(2,3)4)10-15(16(11)22)23-14-8-6-5-7-13(14)18(19,20)21;;;/h5-10,22-23H,1-4H3;2*1H;/q;;;+2/p-2. The molecule has 1 N–H and O–H groups in total. The van der Waals surface area contributed by atoms with Gasteiger partial charge in [0, 0.05) is 5.30 Å². The van der Waals surface area contributed by atoms with Crippen molar-refractivity contribution in [2.75, 3.05) is 0 Å². The van der Waals surface area contributed by atoms with Crippen LogP contribution in [0.15, 0.2) is 36.4 Å². The van der Waals surface area contributed by atoms with E-state index in [0.717, 1.165) is 11.6 Å². The first-order chi connectivity index (χ1) is 11.9. The molecule has 1 atom stereocenters. The molecular weight excluding hydrogens is 439 g/mol. The number of alkyl halides is 3. The van der Waals surface area contributed by atoms with Crippen LogP contribution in [0.5, 0.6) is 5.75 Å². The third-order valence-corrected chi connectivity index (χ3v) is 5.02. The average molecular weight is 459 g/mol. The molecule has 0 saturated carbocycles. The van der Waals surface area contributed by atoms with Crippen LogP contribution in [0.2, 0.25) is 0 Å². The fourth-order valence-corrected chi connectivity index (χ4v) is 3.66. The van der Waals surface area contributed by atoms with E-state index in [2.05, 4.69) is 0 Å². The van der Waals surface area contributed by atoms with Crippen molar-refractivity contribution < 1.29 is 35.3 Å². The summed E-state index contributed by atoms with van der Waals surface area (Å²) in [6.07, 6.45) is -4.39. The second kappa shape index (κ2) is 9.80. The van der Waals surface area contributed by atoms with Gasteiger partial charge in [0.1, 0.15) is 5.75 Å². The van der Waals surface area contributed by atoms with Crippen molar-refractivity contribution in [3.8, 4) is 5.75 Å². The number of halogens is 5. The zero-order valence-corrected chi connectivity index (χ0v) is 18.9. The van der Waals surface area contributed by atoms with Gasteiger partial charge in [-0.15, -0.1) is 0 Å². The van der Waals surface area contributed by atoms with Gasteiger partial charge in [-0.1, -0.05) is 53.6 Å². The quantitative estimate of drug-likeness (QED) is 0.430. The molecule has 0 bridgehead atoms. The Morgan fingerprint density at radius 2 is 1.54 bits per heavy atom. The Hall–Kier alpha value is -0.246. The van der Waals surface area contributed by atoms with E-state index >= 15 is 0 Å². The monoisotopic (exact) mass is 458 g/mol. The van der Waals surface area contributed by atoms with Gasteiger partial charge in [0.15, 0.2) is 0 Å². The molecule has 0 amide bonds. The van der Waals surface area contributed by atoms with Crippen molar-refractivity contribution in [1.82, 2.24) is 0 Å². The minimum absolute atomic E-state index is 0.0771. The second-order valence-electron chi connectivity index (χ2n) is 6.68. The average Bonchev–Trinajstić information content (AvgIpc) is 2.51. The maximum atomic E-state index is 13.1. The molecule has 1 nitrogen and oxygen atoms in total. The molecule has 142 valence electrons. The van der Waals surface area contributed by atoms with Crippen LogP contribution in [0.3, 0.4) is 0 Å². The third kappa shape index (κ3) is 6.73. The van der Waals surface area contributed by atoms with E-state index in [4.69, 9.17) is 18.6 Å². The van der Waals surface area contributed by atoms with Crippen LogP contribution < -0.4 is 10.6 Å². The Bertz CT molecular complexity index is 746. The molecule has 0 aliphatic rings. The molecule has 0 aliphatic heterocycles. The molecule has 2 aromatic carbocycles. The number of phenols is 1. The molecule has 0 radical (unpaired) electrons. The molecule has 1 unspecified atom stereocenters. The fourth-order valence-electron chi connectivity index (χ4n) is 2.29. The summed E-state index contributed by atoms with van der Waals surface area (Å²) in [4.78, 5) is 0. The minimum atomic E-state index is -4.39. The van der Waals surface area contributed by atoms with E-state index in [1.54, 1.807) is 13.0 Å². The summed E-state index contributed by atoms with van der Waals surface area (Å²) < 4.78 is 39.4. The van der Waals surface area contributed by atoms with Gasteiger partial charge in [-0.3, -0.25) is 0 Å². The SMILES string of the molecule is Cc1cc(C(C)(C)C)cc(Pc2ccccc2C(F)(F)F)c1O.[Cl][Ti][Cl]. The molecular formula is C18H20Cl2F3OPTi. The summed E-state index contributed by atoms with van der Waals surface area (Å²) in [5.41, 5.74) is 0.905. The van der Waals surface area contributed by atoms with Crippen LogP contribution in [-0.4, -0.2) is 5.11 Å². The third-order valence-electron chi connectivity index (χ3n) is 3.67. The first-order valence-electron chi connectivity index (χ1n) is 7.65. The Morgan fingerprint density at radius 3 is 2.04 bits per heavy atom. The summed E-state index contributed by atoms with van der Waals surface area (Å²) in [7, 11) is 9.53. The number of hydrogen-bond acceptors (Lipinski definition) is 1. The maximum absolute atomic E-state index is 13.1. The molecule has 2 rings (SSSR count). The normalized spacial score (nSPS) is 12.0. The van der Waals surface area contributed by atoms with Gasteiger partial charge in [0.25, 0.3) is 0 Å². The topological polar surface area (TPSA) is 20.2 Å². The molecule has 0 aliphatic carbocycles. The molecule has 0 aromatic heterocycles. The van der Waals surface area contributed by atoms with E-state index in [1.807, 2.05) is 32.9 Å². The van der Waals surface area contributed by atoms with Gasteiger partial charge in [-0.2, -0.15) is 13.2 Å². The summed E-state index contributed by atoms with van der Waals surface area (Å²) in [6.45, 7) is 7.88. The van der Waals surface area contributed by atoms with Crippen molar-refractivity contribution >= 4 is 37.8 Å². The summed E-state index contributed by atoms with van der Waals surface area (Å²) in [6, 6.07) is 9.23. The van der Waals surface area contributed by atoms with Crippen molar-refractivity contribution in [1.29, 1.82) is 0 Å². The number of hydrogen-bond donors (Lipinski definition) is 1. The van der Waals surface area contributed by atoms with Gasteiger partial charge >= 0.3 is 41.8 Å². The van der Waals surface area contributed by atoms with Crippen LogP contribution in [0.1, 0.15) is 37.5 Å². The number of rotatable bonds is 2. The number of phenolic OH excluding ortho intramolecular Hbond substituents is 1. The van der Waals surface area contributed by atoms with Gasteiger partial charge in [0.2, 0.25) is 0 Å². The van der Waals surface area contributed by atoms with Crippen molar-refractivity contribution in [2.45, 2.75) is 39.3 Å². The Morgan fingerprint density at radius 1 is 1.00 bits per heavy atom. The first kappa shape index (κ1) is 23.8. The van der Waals surface area contributed by atoms with E-state index in [0.29, 0.717) is 10.9 Å². The van der Waals surface area contributed by atoms with Gasteiger partial charge in [-0.25, -0.2) is 0 Å².